The van der Waals surface area contributed by atoms with Crippen molar-refractivity contribution in [3.05, 3.63) is 98.4 Å². The monoisotopic (exact) mass is 467 g/mol. The molecule has 3 heterocycles. The van der Waals surface area contributed by atoms with Crippen molar-refractivity contribution in [3.8, 4) is 0 Å². The molecule has 0 unspecified atom stereocenters. The SMILES string of the molecule is Cc1nn2c(=O)cc(CN3CCN(C(c4ccc(F)cc4)c4ccc(F)cc4)CC3)nc2s1. The van der Waals surface area contributed by atoms with Gasteiger partial charge >= 0.3 is 0 Å². The molecule has 1 saturated heterocycles. The van der Waals surface area contributed by atoms with Gasteiger partial charge in [0.2, 0.25) is 4.96 Å². The number of aryl methyl sites for hydroxylation is 1. The number of halogens is 2. The quantitative estimate of drug-likeness (QED) is 0.449. The minimum Gasteiger partial charge on any atom is -0.295 e. The summed E-state index contributed by atoms with van der Waals surface area (Å²) in [5, 5.41) is 5.00. The second kappa shape index (κ2) is 9.09. The summed E-state index contributed by atoms with van der Waals surface area (Å²) in [6.07, 6.45) is 0. The molecular weight excluding hydrogens is 444 g/mol. The smallest absolute Gasteiger partial charge is 0.275 e. The molecule has 0 amide bonds. The first-order chi connectivity index (χ1) is 16.0. The van der Waals surface area contributed by atoms with Crippen LogP contribution in [-0.4, -0.2) is 50.6 Å². The summed E-state index contributed by atoms with van der Waals surface area (Å²) in [7, 11) is 0. The maximum absolute atomic E-state index is 13.5. The van der Waals surface area contributed by atoms with E-state index in [9.17, 15) is 13.6 Å². The van der Waals surface area contributed by atoms with Gasteiger partial charge in [-0.2, -0.15) is 9.61 Å². The molecule has 0 bridgehead atoms. The van der Waals surface area contributed by atoms with E-state index in [0.717, 1.165) is 48.0 Å². The molecule has 0 atom stereocenters. The molecular formula is C24H23F2N5OS. The largest absolute Gasteiger partial charge is 0.295 e. The van der Waals surface area contributed by atoms with Crippen LogP contribution in [0.1, 0.15) is 27.9 Å². The van der Waals surface area contributed by atoms with E-state index < -0.39 is 0 Å². The van der Waals surface area contributed by atoms with E-state index in [-0.39, 0.29) is 23.2 Å². The Morgan fingerprint density at radius 3 is 2.09 bits per heavy atom. The van der Waals surface area contributed by atoms with Gasteiger partial charge in [0, 0.05) is 38.8 Å². The van der Waals surface area contributed by atoms with Crippen molar-refractivity contribution in [2.75, 3.05) is 26.2 Å². The van der Waals surface area contributed by atoms with E-state index in [0.29, 0.717) is 11.5 Å². The van der Waals surface area contributed by atoms with Crippen molar-refractivity contribution >= 4 is 16.3 Å². The fraction of sp³-hybridized carbons (Fsp3) is 0.292. The third kappa shape index (κ3) is 4.71. The van der Waals surface area contributed by atoms with Crippen LogP contribution in [0.15, 0.2) is 59.4 Å². The molecule has 0 N–H and O–H groups in total. The van der Waals surface area contributed by atoms with E-state index in [2.05, 4.69) is 19.9 Å². The number of nitrogens with zero attached hydrogens (tertiary/aromatic N) is 5. The Hall–Kier alpha value is -3.01. The third-order valence-corrected chi connectivity index (χ3v) is 6.75. The highest BCUT2D eigenvalue weighted by Gasteiger charge is 2.27. The molecule has 1 aliphatic rings. The van der Waals surface area contributed by atoms with Crippen molar-refractivity contribution in [2.24, 2.45) is 0 Å². The highest BCUT2D eigenvalue weighted by molar-refractivity contribution is 7.16. The molecule has 4 aromatic rings. The van der Waals surface area contributed by atoms with Crippen molar-refractivity contribution in [1.29, 1.82) is 0 Å². The molecule has 33 heavy (non-hydrogen) atoms. The first-order valence-electron chi connectivity index (χ1n) is 10.8. The van der Waals surface area contributed by atoms with Crippen LogP contribution in [0.5, 0.6) is 0 Å². The number of aromatic nitrogens is 3. The van der Waals surface area contributed by atoms with Crippen molar-refractivity contribution in [1.82, 2.24) is 24.4 Å². The summed E-state index contributed by atoms with van der Waals surface area (Å²) in [6.45, 7) is 5.59. The Morgan fingerprint density at radius 1 is 0.939 bits per heavy atom. The number of fused-ring (bicyclic) bond motifs is 1. The fourth-order valence-corrected chi connectivity index (χ4v) is 5.11. The lowest BCUT2D eigenvalue weighted by Gasteiger charge is -2.39. The van der Waals surface area contributed by atoms with Crippen LogP contribution in [0.4, 0.5) is 8.78 Å². The number of hydrogen-bond donors (Lipinski definition) is 0. The van der Waals surface area contributed by atoms with Gasteiger partial charge in [-0.25, -0.2) is 13.8 Å². The van der Waals surface area contributed by atoms with Gasteiger partial charge in [-0.1, -0.05) is 35.6 Å². The molecule has 6 nitrogen and oxygen atoms in total. The van der Waals surface area contributed by atoms with Crippen molar-refractivity contribution in [2.45, 2.75) is 19.5 Å². The topological polar surface area (TPSA) is 53.7 Å². The van der Waals surface area contributed by atoms with E-state index in [1.807, 2.05) is 6.92 Å². The number of hydrogen-bond acceptors (Lipinski definition) is 6. The number of piperazine rings is 1. The van der Waals surface area contributed by atoms with Crippen molar-refractivity contribution in [3.63, 3.8) is 0 Å². The molecule has 2 aromatic carbocycles. The van der Waals surface area contributed by atoms with E-state index in [1.165, 1.54) is 40.1 Å². The molecule has 5 rings (SSSR count). The maximum atomic E-state index is 13.5. The minimum atomic E-state index is -0.280. The lowest BCUT2D eigenvalue weighted by atomic mass is 9.96. The Kier molecular flexibility index (Phi) is 6.01. The summed E-state index contributed by atoms with van der Waals surface area (Å²) in [4.78, 5) is 22.2. The van der Waals surface area contributed by atoms with Gasteiger partial charge in [-0.05, 0) is 42.3 Å². The second-order valence-electron chi connectivity index (χ2n) is 8.22. The molecule has 170 valence electrons. The van der Waals surface area contributed by atoms with Crippen LogP contribution in [-0.2, 0) is 6.54 Å². The Labute approximate surface area is 193 Å². The average molecular weight is 468 g/mol. The highest BCUT2D eigenvalue weighted by atomic mass is 32.1. The van der Waals surface area contributed by atoms with E-state index in [1.54, 1.807) is 30.3 Å². The molecule has 0 aliphatic carbocycles. The van der Waals surface area contributed by atoms with Gasteiger partial charge in [-0.3, -0.25) is 14.6 Å². The minimum absolute atomic E-state index is 0.0902. The Bertz CT molecular complexity index is 1270. The summed E-state index contributed by atoms with van der Waals surface area (Å²) in [5.74, 6) is -0.559. The molecule has 0 saturated carbocycles. The number of rotatable bonds is 5. The van der Waals surface area contributed by atoms with Crippen LogP contribution in [0.2, 0.25) is 0 Å². The Balaban J connectivity index is 1.33. The molecule has 0 radical (unpaired) electrons. The lowest BCUT2D eigenvalue weighted by molar-refractivity contribution is 0.104. The van der Waals surface area contributed by atoms with Crippen LogP contribution in [0.3, 0.4) is 0 Å². The molecule has 1 fully saturated rings. The lowest BCUT2D eigenvalue weighted by Crippen LogP contribution is -2.47. The van der Waals surface area contributed by atoms with Gasteiger partial charge in [0.25, 0.3) is 5.56 Å². The standard InChI is InChI=1S/C24H23F2N5OS/c1-16-28-31-22(32)14-21(27-24(31)33-16)15-29-10-12-30(13-11-29)23(17-2-6-19(25)7-3-17)18-4-8-20(26)9-5-18/h2-9,14,23H,10-13,15H2,1H3. The van der Waals surface area contributed by atoms with Crippen LogP contribution in [0.25, 0.3) is 4.96 Å². The summed E-state index contributed by atoms with van der Waals surface area (Å²) >= 11 is 1.40. The van der Waals surface area contributed by atoms with Gasteiger partial charge in [0.1, 0.15) is 16.6 Å². The van der Waals surface area contributed by atoms with Gasteiger partial charge in [0.15, 0.2) is 0 Å². The van der Waals surface area contributed by atoms with Crippen LogP contribution >= 0.6 is 11.3 Å². The maximum Gasteiger partial charge on any atom is 0.275 e. The first kappa shape index (κ1) is 21.8. The highest BCUT2D eigenvalue weighted by Crippen LogP contribution is 2.30. The van der Waals surface area contributed by atoms with Crippen LogP contribution < -0.4 is 5.56 Å². The summed E-state index contributed by atoms with van der Waals surface area (Å²) in [6, 6.07) is 14.5. The van der Waals surface area contributed by atoms with E-state index in [4.69, 9.17) is 0 Å². The zero-order valence-electron chi connectivity index (χ0n) is 18.1. The van der Waals surface area contributed by atoms with Gasteiger partial charge in [-0.15, -0.1) is 0 Å². The van der Waals surface area contributed by atoms with Gasteiger partial charge in [0.05, 0.1) is 11.7 Å². The van der Waals surface area contributed by atoms with Gasteiger partial charge < -0.3 is 0 Å². The predicted octanol–water partition coefficient (Wildman–Crippen LogP) is 3.64. The third-order valence-electron chi connectivity index (χ3n) is 5.93. The molecule has 2 aromatic heterocycles. The summed E-state index contributed by atoms with van der Waals surface area (Å²) in [5.41, 5.74) is 2.52. The predicted molar refractivity (Wildman–Crippen MR) is 123 cm³/mol. The first-order valence-corrected chi connectivity index (χ1v) is 11.6. The normalized spacial score (nSPS) is 15.5. The zero-order valence-corrected chi connectivity index (χ0v) is 18.9. The summed E-state index contributed by atoms with van der Waals surface area (Å²) < 4.78 is 28.4. The molecule has 0 spiro atoms. The molecule has 1 aliphatic heterocycles. The zero-order chi connectivity index (χ0) is 22.9. The molecule has 9 heteroatoms. The second-order valence-corrected chi connectivity index (χ2v) is 9.38. The fourth-order valence-electron chi connectivity index (χ4n) is 4.35. The van der Waals surface area contributed by atoms with E-state index >= 15 is 0 Å². The number of benzene rings is 2. The average Bonchev–Trinajstić information content (AvgIpc) is 3.18. The van der Waals surface area contributed by atoms with Crippen molar-refractivity contribution < 1.29 is 8.78 Å². The van der Waals surface area contributed by atoms with Crippen LogP contribution in [0, 0.1) is 18.6 Å². The Morgan fingerprint density at radius 2 is 1.52 bits per heavy atom.